The van der Waals surface area contributed by atoms with Gasteiger partial charge >= 0.3 is 23.8 Å². The highest BCUT2D eigenvalue weighted by Gasteiger charge is 2.16. The van der Waals surface area contributed by atoms with Gasteiger partial charge in [0.15, 0.2) is 0 Å². The van der Waals surface area contributed by atoms with Crippen LogP contribution in [-0.4, -0.2) is 53.5 Å². The van der Waals surface area contributed by atoms with E-state index >= 15 is 0 Å². The van der Waals surface area contributed by atoms with Crippen molar-refractivity contribution in [2.75, 3.05) is 41.8 Å². The molecule has 1 amide bonds. The molecule has 0 saturated carbocycles. The Balaban J connectivity index is 1.38. The number of hydrogen-bond donors (Lipinski definition) is 3. The normalized spacial score (nSPS) is 13.7. The number of nitrogens with one attached hydrogen (secondary N) is 2. The number of aromatic nitrogens is 2. The summed E-state index contributed by atoms with van der Waals surface area (Å²) < 4.78 is 10.7. The fourth-order valence-corrected chi connectivity index (χ4v) is 2.98. The number of carbonyl (C=O) groups excluding carboxylic acids is 1. The molecule has 0 bridgehead atoms. The third kappa shape index (κ3) is 4.55. The number of nitrogens with zero attached hydrogens (tertiary/aromatic N) is 3. The van der Waals surface area contributed by atoms with Crippen LogP contribution in [0, 0.1) is 0 Å². The lowest BCUT2D eigenvalue weighted by Crippen LogP contribution is -2.36. The van der Waals surface area contributed by atoms with Gasteiger partial charge in [-0.1, -0.05) is 11.2 Å². The summed E-state index contributed by atoms with van der Waals surface area (Å²) in [6, 6.07) is 13.5. The molecule has 0 spiro atoms. The van der Waals surface area contributed by atoms with Crippen LogP contribution in [0.5, 0.6) is 0 Å². The Bertz CT molecular complexity index is 1040. The van der Waals surface area contributed by atoms with Crippen LogP contribution in [0.4, 0.5) is 23.1 Å². The van der Waals surface area contributed by atoms with Crippen LogP contribution < -0.4 is 15.5 Å². The molecule has 1 aliphatic heterocycles. The smallest absolute Gasteiger partial charge is 0.335 e. The monoisotopic (exact) mass is 409 g/mol. The number of hydrogen-bond acceptors (Lipinski definition) is 8. The Labute approximate surface area is 171 Å². The maximum atomic E-state index is 12.4. The Morgan fingerprint density at radius 1 is 1.00 bits per heavy atom. The lowest BCUT2D eigenvalue weighted by molar-refractivity contribution is 0.0696. The van der Waals surface area contributed by atoms with Gasteiger partial charge in [0.1, 0.15) is 0 Å². The zero-order valence-corrected chi connectivity index (χ0v) is 15.9. The largest absolute Gasteiger partial charge is 0.478 e. The van der Waals surface area contributed by atoms with Crippen molar-refractivity contribution in [2.24, 2.45) is 0 Å². The SMILES string of the molecule is O=C(O)c1cccc(Nc2nnc(C(=O)Nc3ccc(N4CCOCC4)cc3)o2)c1. The number of ether oxygens (including phenoxy) is 1. The standard InChI is InChI=1S/C20H19N5O5/c26-17(21-14-4-6-16(7-5-14)25-8-10-29-11-9-25)18-23-24-20(30-18)22-15-3-1-2-13(12-15)19(27)28/h1-7,12H,8-11H2,(H,21,26)(H,22,24)(H,27,28). The van der Waals surface area contributed by atoms with E-state index in [4.69, 9.17) is 14.3 Å². The van der Waals surface area contributed by atoms with Crippen LogP contribution in [0.25, 0.3) is 0 Å². The molecule has 3 N–H and O–H groups in total. The van der Waals surface area contributed by atoms with Gasteiger partial charge in [0, 0.05) is 30.2 Å². The molecule has 1 aliphatic rings. The molecule has 2 heterocycles. The van der Waals surface area contributed by atoms with Gasteiger partial charge in [-0.05, 0) is 42.5 Å². The summed E-state index contributed by atoms with van der Waals surface area (Å²) >= 11 is 0. The number of aromatic carboxylic acids is 1. The van der Waals surface area contributed by atoms with E-state index in [-0.39, 0.29) is 17.5 Å². The fourth-order valence-electron chi connectivity index (χ4n) is 2.98. The van der Waals surface area contributed by atoms with E-state index in [9.17, 15) is 9.59 Å². The second-order valence-corrected chi connectivity index (χ2v) is 6.52. The number of morpholine rings is 1. The number of carboxylic acids is 1. The van der Waals surface area contributed by atoms with Gasteiger partial charge in [-0.3, -0.25) is 4.79 Å². The maximum absolute atomic E-state index is 12.4. The molecular weight excluding hydrogens is 390 g/mol. The number of anilines is 4. The summed E-state index contributed by atoms with van der Waals surface area (Å²) in [6.45, 7) is 3.07. The van der Waals surface area contributed by atoms with E-state index < -0.39 is 11.9 Å². The van der Waals surface area contributed by atoms with Crippen molar-refractivity contribution in [1.82, 2.24) is 10.2 Å². The first-order valence-electron chi connectivity index (χ1n) is 9.26. The average molecular weight is 409 g/mol. The summed E-state index contributed by atoms with van der Waals surface area (Å²) in [5.41, 5.74) is 2.21. The van der Waals surface area contributed by atoms with E-state index in [1.54, 1.807) is 24.3 Å². The summed E-state index contributed by atoms with van der Waals surface area (Å²) in [7, 11) is 0. The zero-order chi connectivity index (χ0) is 20.9. The summed E-state index contributed by atoms with van der Waals surface area (Å²) in [5.74, 6) is -1.82. The molecule has 3 aromatic rings. The Kier molecular flexibility index (Phi) is 5.57. The molecule has 0 unspecified atom stereocenters. The molecule has 2 aromatic carbocycles. The van der Waals surface area contributed by atoms with Crippen molar-refractivity contribution in [3.63, 3.8) is 0 Å². The highest BCUT2D eigenvalue weighted by atomic mass is 16.5. The molecule has 0 radical (unpaired) electrons. The van der Waals surface area contributed by atoms with E-state index in [1.165, 1.54) is 12.1 Å². The van der Waals surface area contributed by atoms with E-state index in [2.05, 4.69) is 25.7 Å². The quantitative estimate of drug-likeness (QED) is 0.562. The first-order valence-corrected chi connectivity index (χ1v) is 9.26. The number of rotatable bonds is 6. The van der Waals surface area contributed by atoms with E-state index in [0.717, 1.165) is 18.8 Å². The predicted molar refractivity (Wildman–Crippen MR) is 108 cm³/mol. The van der Waals surface area contributed by atoms with Gasteiger partial charge in [-0.15, -0.1) is 5.10 Å². The third-order valence-corrected chi connectivity index (χ3v) is 4.48. The highest BCUT2D eigenvalue weighted by Crippen LogP contribution is 2.20. The predicted octanol–water partition coefficient (Wildman–Crippen LogP) is 2.60. The molecule has 1 fully saturated rings. The summed E-state index contributed by atoms with van der Waals surface area (Å²) in [6.07, 6.45) is 0. The van der Waals surface area contributed by atoms with Crippen LogP contribution in [-0.2, 0) is 4.74 Å². The Morgan fingerprint density at radius 3 is 2.50 bits per heavy atom. The molecule has 10 heteroatoms. The van der Waals surface area contributed by atoms with E-state index in [0.29, 0.717) is 24.6 Å². The molecule has 0 atom stereocenters. The molecule has 1 saturated heterocycles. The highest BCUT2D eigenvalue weighted by molar-refractivity contribution is 6.01. The van der Waals surface area contributed by atoms with Gasteiger partial charge in [0.2, 0.25) is 0 Å². The van der Waals surface area contributed by atoms with Gasteiger partial charge in [0.05, 0.1) is 18.8 Å². The lowest BCUT2D eigenvalue weighted by Gasteiger charge is -2.28. The minimum Gasteiger partial charge on any atom is -0.478 e. The van der Waals surface area contributed by atoms with Gasteiger partial charge in [0.25, 0.3) is 0 Å². The van der Waals surface area contributed by atoms with Crippen LogP contribution in [0.15, 0.2) is 52.9 Å². The molecule has 30 heavy (non-hydrogen) atoms. The molecule has 154 valence electrons. The number of carbonyl (C=O) groups is 2. The first-order chi connectivity index (χ1) is 14.6. The van der Waals surface area contributed by atoms with Crippen molar-refractivity contribution in [2.45, 2.75) is 0 Å². The van der Waals surface area contributed by atoms with Crippen molar-refractivity contribution in [3.05, 3.63) is 60.0 Å². The molecule has 1 aromatic heterocycles. The van der Waals surface area contributed by atoms with Crippen molar-refractivity contribution >= 4 is 35.0 Å². The van der Waals surface area contributed by atoms with Gasteiger partial charge < -0.3 is 29.8 Å². The fraction of sp³-hybridized carbons (Fsp3) is 0.200. The summed E-state index contributed by atoms with van der Waals surface area (Å²) in [4.78, 5) is 25.6. The van der Waals surface area contributed by atoms with E-state index in [1.807, 2.05) is 12.1 Å². The molecule has 10 nitrogen and oxygen atoms in total. The minimum absolute atomic E-state index is 0.0228. The second-order valence-electron chi connectivity index (χ2n) is 6.52. The topological polar surface area (TPSA) is 130 Å². The second kappa shape index (κ2) is 8.62. The Hall–Kier alpha value is -3.92. The van der Waals surface area contributed by atoms with Crippen LogP contribution in [0.3, 0.4) is 0 Å². The summed E-state index contributed by atoms with van der Waals surface area (Å²) in [5, 5.41) is 22.0. The average Bonchev–Trinajstić information content (AvgIpc) is 3.24. The number of amides is 1. The van der Waals surface area contributed by atoms with Gasteiger partial charge in [-0.2, -0.15) is 0 Å². The van der Waals surface area contributed by atoms with Gasteiger partial charge in [-0.25, -0.2) is 4.79 Å². The van der Waals surface area contributed by atoms with Crippen molar-refractivity contribution in [1.29, 1.82) is 0 Å². The van der Waals surface area contributed by atoms with Crippen molar-refractivity contribution < 1.29 is 23.8 Å². The maximum Gasteiger partial charge on any atom is 0.335 e. The van der Waals surface area contributed by atoms with Crippen LogP contribution >= 0.6 is 0 Å². The Morgan fingerprint density at radius 2 is 1.77 bits per heavy atom. The first kappa shape index (κ1) is 19.4. The lowest BCUT2D eigenvalue weighted by atomic mass is 10.2. The third-order valence-electron chi connectivity index (χ3n) is 4.48. The molecule has 4 rings (SSSR count). The molecule has 0 aliphatic carbocycles. The number of carboxylic acid groups (broad SMARTS) is 1. The molecular formula is C20H19N5O5. The number of benzene rings is 2. The minimum atomic E-state index is -1.05. The van der Waals surface area contributed by atoms with Crippen molar-refractivity contribution in [3.8, 4) is 0 Å². The van der Waals surface area contributed by atoms with Crippen LogP contribution in [0.2, 0.25) is 0 Å². The zero-order valence-electron chi connectivity index (χ0n) is 15.9. The van der Waals surface area contributed by atoms with Crippen LogP contribution in [0.1, 0.15) is 21.0 Å².